The number of ether oxygens (including phenoxy) is 2. The van der Waals surface area contributed by atoms with Gasteiger partial charge in [-0.05, 0) is 6.42 Å². The first-order chi connectivity index (χ1) is 9.67. The number of hydrogen-bond acceptors (Lipinski definition) is 4. The molecule has 0 saturated carbocycles. The first kappa shape index (κ1) is 14.0. The van der Waals surface area contributed by atoms with Gasteiger partial charge in [0.15, 0.2) is 0 Å². The van der Waals surface area contributed by atoms with Gasteiger partial charge in [0.1, 0.15) is 0 Å². The number of nitrogens with one attached hydrogen (secondary N) is 1. The lowest BCUT2D eigenvalue weighted by atomic mass is 9.90. The van der Waals surface area contributed by atoms with Crippen molar-refractivity contribution in [1.82, 2.24) is 15.1 Å². The zero-order valence-electron chi connectivity index (χ0n) is 12.5. The Balaban J connectivity index is 1.63. The topological polar surface area (TPSA) is 48.3 Å². The van der Waals surface area contributed by atoms with E-state index in [9.17, 15) is 0 Å². The zero-order valence-corrected chi connectivity index (χ0v) is 12.5. The van der Waals surface area contributed by atoms with Gasteiger partial charge >= 0.3 is 0 Å². The van der Waals surface area contributed by atoms with E-state index in [1.807, 2.05) is 6.20 Å². The molecule has 2 aliphatic heterocycles. The quantitative estimate of drug-likeness (QED) is 0.914. The van der Waals surface area contributed by atoms with Crippen LogP contribution < -0.4 is 5.32 Å². The molecule has 20 heavy (non-hydrogen) atoms. The van der Waals surface area contributed by atoms with Crippen molar-refractivity contribution in [2.24, 2.45) is 0 Å². The molecule has 0 aromatic carbocycles. The maximum absolute atomic E-state index is 5.99. The standard InChI is InChI=1S/C15H25N3O2/c1-12(2)16-8-13-9-17-18(10-13)14-3-5-20-15(7-14)4-6-19-11-15/h9-10,12,14,16H,3-8,11H2,1-2H3. The summed E-state index contributed by atoms with van der Waals surface area (Å²) in [5, 5.41) is 7.98. The van der Waals surface area contributed by atoms with Gasteiger partial charge in [0.05, 0.1) is 24.4 Å². The van der Waals surface area contributed by atoms with Crippen LogP contribution in [0.5, 0.6) is 0 Å². The Kier molecular flexibility index (Phi) is 4.10. The Morgan fingerprint density at radius 2 is 2.40 bits per heavy atom. The van der Waals surface area contributed by atoms with E-state index in [1.165, 1.54) is 5.56 Å². The molecule has 0 bridgehead atoms. The van der Waals surface area contributed by atoms with Crippen molar-refractivity contribution >= 4 is 0 Å². The average Bonchev–Trinajstić information content (AvgIpc) is 3.06. The highest BCUT2D eigenvalue weighted by Crippen LogP contribution is 2.37. The van der Waals surface area contributed by atoms with E-state index in [2.05, 4.69) is 35.1 Å². The summed E-state index contributed by atoms with van der Waals surface area (Å²) in [5.41, 5.74) is 1.20. The van der Waals surface area contributed by atoms with Crippen molar-refractivity contribution in [2.75, 3.05) is 19.8 Å². The summed E-state index contributed by atoms with van der Waals surface area (Å²) < 4.78 is 13.6. The predicted molar refractivity (Wildman–Crippen MR) is 76.6 cm³/mol. The van der Waals surface area contributed by atoms with Crippen LogP contribution in [0.2, 0.25) is 0 Å². The highest BCUT2D eigenvalue weighted by atomic mass is 16.6. The van der Waals surface area contributed by atoms with Gasteiger partial charge in [-0.3, -0.25) is 4.68 Å². The van der Waals surface area contributed by atoms with Crippen LogP contribution in [0, 0.1) is 0 Å². The molecule has 2 aliphatic rings. The van der Waals surface area contributed by atoms with Crippen LogP contribution in [0.4, 0.5) is 0 Å². The smallest absolute Gasteiger partial charge is 0.0957 e. The second-order valence-electron chi connectivity index (χ2n) is 6.34. The van der Waals surface area contributed by atoms with E-state index >= 15 is 0 Å². The maximum atomic E-state index is 5.99. The molecule has 1 spiro atoms. The van der Waals surface area contributed by atoms with Crippen molar-refractivity contribution < 1.29 is 9.47 Å². The van der Waals surface area contributed by atoms with Crippen LogP contribution in [-0.4, -0.2) is 41.2 Å². The maximum Gasteiger partial charge on any atom is 0.0957 e. The summed E-state index contributed by atoms with van der Waals surface area (Å²) in [6, 6.07) is 0.943. The minimum Gasteiger partial charge on any atom is -0.378 e. The molecule has 5 heteroatoms. The van der Waals surface area contributed by atoms with Crippen molar-refractivity contribution in [3.8, 4) is 0 Å². The Morgan fingerprint density at radius 1 is 1.50 bits per heavy atom. The Morgan fingerprint density at radius 3 is 3.15 bits per heavy atom. The molecule has 5 nitrogen and oxygen atoms in total. The van der Waals surface area contributed by atoms with Crippen LogP contribution in [0.15, 0.2) is 12.4 Å². The van der Waals surface area contributed by atoms with Crippen LogP contribution in [0.3, 0.4) is 0 Å². The van der Waals surface area contributed by atoms with Gasteiger partial charge in [0, 0.05) is 50.4 Å². The molecule has 3 rings (SSSR count). The minimum absolute atomic E-state index is 0.0504. The fourth-order valence-electron chi connectivity index (χ4n) is 3.08. The van der Waals surface area contributed by atoms with Gasteiger partial charge in [0.2, 0.25) is 0 Å². The van der Waals surface area contributed by atoms with Crippen LogP contribution in [-0.2, 0) is 16.0 Å². The van der Waals surface area contributed by atoms with E-state index < -0.39 is 0 Å². The van der Waals surface area contributed by atoms with Crippen molar-refractivity contribution in [3.05, 3.63) is 18.0 Å². The lowest BCUT2D eigenvalue weighted by Crippen LogP contribution is -2.41. The lowest BCUT2D eigenvalue weighted by Gasteiger charge is -2.37. The van der Waals surface area contributed by atoms with Crippen LogP contribution in [0.25, 0.3) is 0 Å². The molecule has 0 amide bonds. The van der Waals surface area contributed by atoms with E-state index in [1.54, 1.807) is 0 Å². The van der Waals surface area contributed by atoms with Gasteiger partial charge in [-0.15, -0.1) is 0 Å². The molecule has 3 heterocycles. The molecular weight excluding hydrogens is 254 g/mol. The second-order valence-corrected chi connectivity index (χ2v) is 6.34. The molecule has 2 fully saturated rings. The Hall–Kier alpha value is -0.910. The molecule has 0 aliphatic carbocycles. The number of aromatic nitrogens is 2. The van der Waals surface area contributed by atoms with Gasteiger partial charge in [-0.25, -0.2) is 0 Å². The SMILES string of the molecule is CC(C)NCc1cnn(C2CCOC3(CCOC3)C2)c1. The predicted octanol–water partition coefficient (Wildman–Crippen LogP) is 1.89. The molecule has 0 radical (unpaired) electrons. The average molecular weight is 279 g/mol. The van der Waals surface area contributed by atoms with Gasteiger partial charge < -0.3 is 14.8 Å². The summed E-state index contributed by atoms with van der Waals surface area (Å²) in [5.74, 6) is 0. The molecule has 2 unspecified atom stereocenters. The third-order valence-corrected chi connectivity index (χ3v) is 4.28. The van der Waals surface area contributed by atoms with E-state index in [0.717, 1.165) is 45.6 Å². The van der Waals surface area contributed by atoms with Gasteiger partial charge in [0.25, 0.3) is 0 Å². The largest absolute Gasteiger partial charge is 0.378 e. The summed E-state index contributed by atoms with van der Waals surface area (Å²) in [4.78, 5) is 0. The molecule has 2 saturated heterocycles. The fourth-order valence-corrected chi connectivity index (χ4v) is 3.08. The summed E-state index contributed by atoms with van der Waals surface area (Å²) in [6.07, 6.45) is 7.23. The molecule has 1 aromatic rings. The summed E-state index contributed by atoms with van der Waals surface area (Å²) in [6.45, 7) is 7.59. The number of nitrogens with zero attached hydrogens (tertiary/aromatic N) is 2. The number of rotatable bonds is 4. The highest BCUT2D eigenvalue weighted by Gasteiger charge is 2.41. The molecule has 1 N–H and O–H groups in total. The fraction of sp³-hybridized carbons (Fsp3) is 0.800. The highest BCUT2D eigenvalue weighted by molar-refractivity contribution is 5.05. The van der Waals surface area contributed by atoms with Crippen LogP contribution >= 0.6 is 0 Å². The summed E-state index contributed by atoms with van der Waals surface area (Å²) in [7, 11) is 0. The second kappa shape index (κ2) is 5.84. The van der Waals surface area contributed by atoms with E-state index in [4.69, 9.17) is 9.47 Å². The van der Waals surface area contributed by atoms with E-state index in [-0.39, 0.29) is 5.60 Å². The molecule has 1 aromatic heterocycles. The molecule has 112 valence electrons. The normalized spacial score (nSPS) is 30.4. The summed E-state index contributed by atoms with van der Waals surface area (Å²) >= 11 is 0. The third kappa shape index (κ3) is 3.05. The van der Waals surface area contributed by atoms with Gasteiger partial charge in [-0.2, -0.15) is 5.10 Å². The Labute approximate surface area is 120 Å². The van der Waals surface area contributed by atoms with Crippen molar-refractivity contribution in [3.63, 3.8) is 0 Å². The molecular formula is C15H25N3O2. The van der Waals surface area contributed by atoms with Crippen molar-refractivity contribution in [2.45, 2.75) is 57.3 Å². The third-order valence-electron chi connectivity index (χ3n) is 4.28. The monoisotopic (exact) mass is 279 g/mol. The van der Waals surface area contributed by atoms with E-state index in [0.29, 0.717) is 12.1 Å². The Bertz CT molecular complexity index is 438. The lowest BCUT2D eigenvalue weighted by molar-refractivity contribution is -0.0962. The minimum atomic E-state index is -0.0504. The first-order valence-corrected chi connectivity index (χ1v) is 7.65. The van der Waals surface area contributed by atoms with Gasteiger partial charge in [-0.1, -0.05) is 13.8 Å². The zero-order chi connectivity index (χ0) is 14.0. The molecule has 2 atom stereocenters. The first-order valence-electron chi connectivity index (χ1n) is 7.65. The van der Waals surface area contributed by atoms with Crippen LogP contribution in [0.1, 0.15) is 44.7 Å². The van der Waals surface area contributed by atoms with Crippen molar-refractivity contribution in [1.29, 1.82) is 0 Å². The number of hydrogen-bond donors (Lipinski definition) is 1.